The number of ether oxygens (including phenoxy) is 1. The molecule has 14 nitrogen and oxygen atoms in total. The predicted octanol–water partition coefficient (Wildman–Crippen LogP) is 7.76. The molecule has 5 aromatic rings. The van der Waals surface area contributed by atoms with E-state index in [9.17, 15) is 37.6 Å². The molecule has 2 aliphatic rings. The summed E-state index contributed by atoms with van der Waals surface area (Å²) in [6, 6.07) is 26.9. The third kappa shape index (κ3) is 11.0. The van der Waals surface area contributed by atoms with Crippen molar-refractivity contribution in [2.75, 3.05) is 48.0 Å². The summed E-state index contributed by atoms with van der Waals surface area (Å²) in [6.45, 7) is 6.52. The van der Waals surface area contributed by atoms with Crippen molar-refractivity contribution in [3.63, 3.8) is 0 Å². The summed E-state index contributed by atoms with van der Waals surface area (Å²) in [5.41, 5.74) is 2.93. The fraction of sp³-hybridized carbons (Fsp3) is 0.327. The maximum absolute atomic E-state index is 13.7. The second kappa shape index (κ2) is 20.6. The van der Waals surface area contributed by atoms with Gasteiger partial charge in [0.05, 0.1) is 35.1 Å². The molecule has 0 unspecified atom stereocenters. The van der Waals surface area contributed by atoms with Gasteiger partial charge >= 0.3 is 6.18 Å². The molecule has 18 heteroatoms. The van der Waals surface area contributed by atoms with Gasteiger partial charge in [-0.15, -0.1) is 0 Å². The second-order valence-corrected chi connectivity index (χ2v) is 17.0. The van der Waals surface area contributed by atoms with Crippen LogP contribution in [0.15, 0.2) is 102 Å². The highest BCUT2D eigenvalue weighted by Crippen LogP contribution is 2.40. The number of likely N-dealkylation sites (tertiary alicyclic amines) is 1. The van der Waals surface area contributed by atoms with Gasteiger partial charge in [-0.25, -0.2) is 4.98 Å². The van der Waals surface area contributed by atoms with Crippen molar-refractivity contribution >= 4 is 58.0 Å². The molecule has 2 fully saturated rings. The van der Waals surface area contributed by atoms with Crippen LogP contribution in [-0.4, -0.2) is 83.1 Å². The highest BCUT2D eigenvalue weighted by molar-refractivity contribution is 7.81. The highest BCUT2D eigenvalue weighted by Gasteiger charge is 2.50. The van der Waals surface area contributed by atoms with Crippen LogP contribution in [0.3, 0.4) is 0 Å². The summed E-state index contributed by atoms with van der Waals surface area (Å²) in [7, 11) is 0. The first kappa shape index (κ1) is 47.9. The van der Waals surface area contributed by atoms with E-state index in [1.807, 2.05) is 67.6 Å². The Morgan fingerprint density at radius 2 is 1.61 bits per heavy atom. The van der Waals surface area contributed by atoms with Crippen molar-refractivity contribution in [1.82, 2.24) is 20.5 Å². The van der Waals surface area contributed by atoms with E-state index in [2.05, 4.69) is 20.9 Å². The number of carbonyl (C=O) groups excluding carboxylic acids is 4. The van der Waals surface area contributed by atoms with Gasteiger partial charge in [0.1, 0.15) is 18.2 Å². The molecule has 0 spiro atoms. The zero-order valence-corrected chi connectivity index (χ0v) is 37.9. The van der Waals surface area contributed by atoms with Crippen LogP contribution in [0.1, 0.15) is 61.9 Å². The normalized spacial score (nSPS) is 15.7. The molecule has 3 heterocycles. The summed E-state index contributed by atoms with van der Waals surface area (Å²) in [4.78, 5) is 60.4. The number of benzene rings is 4. The fourth-order valence-electron chi connectivity index (χ4n) is 8.09. The van der Waals surface area contributed by atoms with Gasteiger partial charge in [0, 0.05) is 43.2 Å². The van der Waals surface area contributed by atoms with Gasteiger partial charge in [0.2, 0.25) is 17.7 Å². The molecule has 348 valence electrons. The lowest BCUT2D eigenvalue weighted by molar-refractivity contribution is -0.139. The largest absolute Gasteiger partial charge is 0.443 e. The molecular weight excluding hydrogens is 886 g/mol. The molecular formula is C49H49F3N8O6S. The zero-order valence-electron chi connectivity index (χ0n) is 37.1. The van der Waals surface area contributed by atoms with Crippen LogP contribution >= 0.6 is 12.2 Å². The van der Waals surface area contributed by atoms with Crippen LogP contribution in [-0.2, 0) is 36.6 Å². The molecule has 2 saturated heterocycles. The summed E-state index contributed by atoms with van der Waals surface area (Å²) in [5, 5.41) is 18.1. The number of nitrogens with zero attached hydrogens (tertiary/aromatic N) is 5. The van der Waals surface area contributed by atoms with Gasteiger partial charge in [0.25, 0.3) is 5.91 Å². The number of oxazole rings is 1. The van der Waals surface area contributed by atoms with Crippen molar-refractivity contribution in [3.05, 3.63) is 120 Å². The monoisotopic (exact) mass is 934 g/mol. The third-order valence-electron chi connectivity index (χ3n) is 11.7. The number of unbranched alkanes of at least 4 members (excludes halogenated alkanes) is 1. The van der Waals surface area contributed by atoms with Crippen LogP contribution in [0.5, 0.6) is 0 Å². The molecule has 7 rings (SSSR count). The summed E-state index contributed by atoms with van der Waals surface area (Å²) in [6.07, 6.45) is -0.683. The van der Waals surface area contributed by atoms with Crippen LogP contribution in [0.25, 0.3) is 22.5 Å². The number of alkyl halides is 3. The van der Waals surface area contributed by atoms with Gasteiger partial charge in [-0.3, -0.25) is 24.1 Å². The minimum atomic E-state index is -4.79. The minimum Gasteiger partial charge on any atom is -0.443 e. The maximum atomic E-state index is 13.7. The SMILES string of the molecule is Cc1ncoc1-c1ccc(CNC(=O)[C@@H]2CCCN2C(=O)CNC(=O)COCCCCNc2ccc(-c3ccc(N4C(=S)N(c5ccc(C#N)c(C(F)(F)F)c5)C(=O)C4(C)C)cc3)cc2)cc1. The molecule has 2 aliphatic heterocycles. The molecule has 3 N–H and O–H groups in total. The number of nitriles is 1. The Kier molecular flexibility index (Phi) is 14.7. The zero-order chi connectivity index (χ0) is 47.9. The van der Waals surface area contributed by atoms with E-state index in [-0.39, 0.29) is 35.8 Å². The van der Waals surface area contributed by atoms with Crippen LogP contribution in [0.2, 0.25) is 0 Å². The number of thiocarbonyl (C=S) groups is 1. The number of hydrogen-bond acceptors (Lipinski definition) is 10. The summed E-state index contributed by atoms with van der Waals surface area (Å²) in [5.74, 6) is -0.789. The Bertz CT molecular complexity index is 2670. The van der Waals surface area contributed by atoms with Gasteiger partial charge in [-0.05, 0) is 118 Å². The third-order valence-corrected chi connectivity index (χ3v) is 12.1. The highest BCUT2D eigenvalue weighted by atomic mass is 32.1. The number of hydrogen-bond donors (Lipinski definition) is 3. The lowest BCUT2D eigenvalue weighted by Gasteiger charge is -2.29. The van der Waals surface area contributed by atoms with E-state index in [0.29, 0.717) is 57.0 Å². The molecule has 0 aliphatic carbocycles. The van der Waals surface area contributed by atoms with E-state index in [0.717, 1.165) is 57.1 Å². The van der Waals surface area contributed by atoms with Crippen LogP contribution < -0.4 is 25.8 Å². The van der Waals surface area contributed by atoms with Crippen molar-refractivity contribution in [2.45, 2.75) is 70.8 Å². The smallest absolute Gasteiger partial charge is 0.417 e. The van der Waals surface area contributed by atoms with Crippen molar-refractivity contribution in [3.8, 4) is 28.5 Å². The maximum Gasteiger partial charge on any atom is 0.417 e. The molecule has 0 bridgehead atoms. The summed E-state index contributed by atoms with van der Waals surface area (Å²) >= 11 is 5.66. The van der Waals surface area contributed by atoms with E-state index in [4.69, 9.17) is 21.4 Å². The second-order valence-electron chi connectivity index (χ2n) is 16.7. The molecule has 67 heavy (non-hydrogen) atoms. The molecule has 4 amide bonds. The van der Waals surface area contributed by atoms with E-state index >= 15 is 0 Å². The molecule has 1 atom stereocenters. The van der Waals surface area contributed by atoms with E-state index in [1.54, 1.807) is 36.9 Å². The molecule has 0 saturated carbocycles. The molecule has 1 aromatic heterocycles. The van der Waals surface area contributed by atoms with Crippen molar-refractivity contribution in [2.24, 2.45) is 0 Å². The lowest BCUT2D eigenvalue weighted by atomic mass is 10.0. The first-order valence-corrected chi connectivity index (χ1v) is 22.1. The summed E-state index contributed by atoms with van der Waals surface area (Å²) < 4.78 is 52.2. The van der Waals surface area contributed by atoms with Crippen molar-refractivity contribution in [1.29, 1.82) is 5.26 Å². The van der Waals surface area contributed by atoms with Crippen molar-refractivity contribution < 1.29 is 41.5 Å². The molecule has 0 radical (unpaired) electrons. The Hall–Kier alpha value is -7.10. The number of amides is 4. The number of anilines is 3. The molecule has 4 aromatic carbocycles. The van der Waals surface area contributed by atoms with Gasteiger partial charge < -0.3 is 34.9 Å². The first-order valence-electron chi connectivity index (χ1n) is 21.7. The Morgan fingerprint density at radius 3 is 2.27 bits per heavy atom. The van der Waals surface area contributed by atoms with E-state index < -0.39 is 40.7 Å². The number of halogens is 3. The van der Waals surface area contributed by atoms with E-state index in [1.165, 1.54) is 17.4 Å². The Labute approximate surface area is 391 Å². The predicted molar refractivity (Wildman–Crippen MR) is 249 cm³/mol. The number of carbonyl (C=O) groups is 4. The Balaban J connectivity index is 0.792. The standard InChI is InChI=1S/C49H49F3N8O6S/c1-31-44(66-30-57-31)35-10-8-32(9-11-35)27-56-45(63)41-7-6-23-58(41)43(62)28-55-42(61)29-65-24-5-4-22-54-37-17-12-33(13-18-37)34-14-19-38(20-15-34)60-47(67)59(46(64)48(60,2)3)39-21-16-36(26-53)40(25-39)49(50,51)52/h8-21,25,30,41,54H,4-7,22-24,27-29H2,1-3H3,(H,55,61)(H,56,63)/t41-/m0/s1. The number of aryl methyl sites for hydroxylation is 1. The topological polar surface area (TPSA) is 173 Å². The number of rotatable bonds is 17. The van der Waals surface area contributed by atoms with Gasteiger partial charge in [0.15, 0.2) is 17.3 Å². The quantitative estimate of drug-likeness (QED) is 0.0615. The van der Waals surface area contributed by atoms with Crippen LogP contribution in [0, 0.1) is 18.3 Å². The van der Waals surface area contributed by atoms with Gasteiger partial charge in [-0.2, -0.15) is 18.4 Å². The fourth-order valence-corrected chi connectivity index (χ4v) is 8.62. The van der Waals surface area contributed by atoms with Gasteiger partial charge in [-0.1, -0.05) is 48.5 Å². The average Bonchev–Trinajstić information content (AvgIpc) is 4.03. The lowest BCUT2D eigenvalue weighted by Crippen LogP contribution is -2.49. The van der Waals surface area contributed by atoms with Crippen LogP contribution in [0.4, 0.5) is 30.2 Å². The Morgan fingerprint density at radius 1 is 0.940 bits per heavy atom. The number of nitrogens with one attached hydrogen (secondary N) is 3. The average molecular weight is 935 g/mol. The minimum absolute atomic E-state index is 0.0169. The number of aromatic nitrogens is 1. The first-order chi connectivity index (χ1) is 32.1.